The molecule has 0 fully saturated rings. The van der Waals surface area contributed by atoms with Crippen molar-refractivity contribution >= 4 is 51.5 Å². The molecule has 1 aromatic carbocycles. The molecule has 3 aromatic rings. The maximum atomic E-state index is 12.8. The molecule has 28 heavy (non-hydrogen) atoms. The van der Waals surface area contributed by atoms with Gasteiger partial charge in [0.05, 0.1) is 22.8 Å². The fraction of sp³-hybridized carbons (Fsp3) is 0.158. The summed E-state index contributed by atoms with van der Waals surface area (Å²) in [5, 5.41) is 4.10. The lowest BCUT2D eigenvalue weighted by atomic mass is 10.1. The van der Waals surface area contributed by atoms with Crippen LogP contribution in [-0.2, 0) is 13.0 Å². The van der Waals surface area contributed by atoms with Crippen molar-refractivity contribution in [1.82, 2.24) is 14.9 Å². The van der Waals surface area contributed by atoms with Gasteiger partial charge < -0.3 is 4.90 Å². The van der Waals surface area contributed by atoms with Gasteiger partial charge in [-0.2, -0.15) is 0 Å². The van der Waals surface area contributed by atoms with E-state index < -0.39 is 0 Å². The first-order valence-electron chi connectivity index (χ1n) is 8.46. The molecular formula is C19H14Cl2N4O2S. The maximum Gasteiger partial charge on any atom is 0.276 e. The first-order chi connectivity index (χ1) is 13.5. The van der Waals surface area contributed by atoms with Gasteiger partial charge in [0, 0.05) is 29.1 Å². The molecule has 4 rings (SSSR count). The Bertz CT molecular complexity index is 1060. The molecule has 2 amide bonds. The summed E-state index contributed by atoms with van der Waals surface area (Å²) < 4.78 is 0. The SMILES string of the molecule is O=C(Nc1nc2c(s1)CN(C(=O)c1cc(Cl)ccc1Cl)CC2)c1ccccn1. The molecule has 1 N–H and O–H groups in total. The topological polar surface area (TPSA) is 75.2 Å². The molecule has 0 aliphatic carbocycles. The van der Waals surface area contributed by atoms with Crippen molar-refractivity contribution in [3.8, 4) is 0 Å². The molecule has 0 saturated carbocycles. The lowest BCUT2D eigenvalue weighted by Crippen LogP contribution is -2.35. The minimum absolute atomic E-state index is 0.175. The van der Waals surface area contributed by atoms with E-state index in [2.05, 4.69) is 15.3 Å². The number of halogens is 2. The molecule has 0 unspecified atom stereocenters. The fourth-order valence-corrected chi connectivity index (χ4v) is 4.30. The third-order valence-electron chi connectivity index (χ3n) is 4.30. The standard InChI is InChI=1S/C19H14Cl2N4O2S/c20-11-4-5-13(21)12(9-11)18(27)25-8-6-14-16(10-25)28-19(23-14)24-17(26)15-3-1-2-7-22-15/h1-5,7,9H,6,8,10H2,(H,23,24,26). The molecule has 0 saturated heterocycles. The van der Waals surface area contributed by atoms with E-state index >= 15 is 0 Å². The van der Waals surface area contributed by atoms with Crippen LogP contribution in [0.2, 0.25) is 10.0 Å². The summed E-state index contributed by atoms with van der Waals surface area (Å²) in [5.74, 6) is -0.490. The number of amides is 2. The predicted molar refractivity (Wildman–Crippen MR) is 109 cm³/mol. The average Bonchev–Trinajstić information content (AvgIpc) is 3.11. The van der Waals surface area contributed by atoms with Crippen molar-refractivity contribution in [2.24, 2.45) is 0 Å². The van der Waals surface area contributed by atoms with Gasteiger partial charge in [-0.1, -0.05) is 40.6 Å². The summed E-state index contributed by atoms with van der Waals surface area (Å²) >= 11 is 13.5. The Hall–Kier alpha value is -2.48. The van der Waals surface area contributed by atoms with E-state index in [-0.39, 0.29) is 11.8 Å². The second kappa shape index (κ2) is 7.87. The molecule has 9 heteroatoms. The second-order valence-corrected chi connectivity index (χ2v) is 8.09. The van der Waals surface area contributed by atoms with E-state index in [0.717, 1.165) is 10.6 Å². The molecule has 2 aromatic heterocycles. The molecule has 0 radical (unpaired) electrons. The van der Waals surface area contributed by atoms with Gasteiger partial charge in [0.2, 0.25) is 0 Å². The Morgan fingerprint density at radius 1 is 1.18 bits per heavy atom. The molecule has 6 nitrogen and oxygen atoms in total. The van der Waals surface area contributed by atoms with Crippen molar-refractivity contribution in [2.45, 2.75) is 13.0 Å². The number of anilines is 1. The first-order valence-corrected chi connectivity index (χ1v) is 10.0. The molecule has 0 atom stereocenters. The third-order valence-corrected chi connectivity index (χ3v) is 5.86. The summed E-state index contributed by atoms with van der Waals surface area (Å²) in [4.78, 5) is 36.3. The monoisotopic (exact) mass is 432 g/mol. The van der Waals surface area contributed by atoms with Gasteiger partial charge >= 0.3 is 0 Å². The molecule has 1 aliphatic rings. The Morgan fingerprint density at radius 3 is 2.82 bits per heavy atom. The van der Waals surface area contributed by atoms with E-state index in [9.17, 15) is 9.59 Å². The Balaban J connectivity index is 1.49. The highest BCUT2D eigenvalue weighted by Crippen LogP contribution is 2.30. The molecule has 3 heterocycles. The number of aromatic nitrogens is 2. The van der Waals surface area contributed by atoms with Crippen molar-refractivity contribution < 1.29 is 9.59 Å². The van der Waals surface area contributed by atoms with Crippen molar-refractivity contribution in [3.63, 3.8) is 0 Å². The van der Waals surface area contributed by atoms with Gasteiger partial charge in [-0.25, -0.2) is 4.98 Å². The third kappa shape index (κ3) is 3.87. The summed E-state index contributed by atoms with van der Waals surface area (Å²) in [6, 6.07) is 9.97. The summed E-state index contributed by atoms with van der Waals surface area (Å²) in [7, 11) is 0. The Kier molecular flexibility index (Phi) is 5.30. The summed E-state index contributed by atoms with van der Waals surface area (Å²) in [5.41, 5.74) is 1.59. The Labute approximate surface area is 175 Å². The van der Waals surface area contributed by atoms with Crippen LogP contribution in [0.25, 0.3) is 0 Å². The fourth-order valence-electron chi connectivity index (χ4n) is 2.91. The van der Waals surface area contributed by atoms with Gasteiger partial charge in [-0.3, -0.25) is 19.9 Å². The van der Waals surface area contributed by atoms with Gasteiger partial charge in [-0.05, 0) is 30.3 Å². The number of pyridine rings is 1. The lowest BCUT2D eigenvalue weighted by molar-refractivity contribution is 0.0736. The minimum atomic E-state index is -0.315. The Morgan fingerprint density at radius 2 is 2.04 bits per heavy atom. The van der Waals surface area contributed by atoms with E-state index in [1.807, 2.05) is 0 Å². The molecule has 0 bridgehead atoms. The van der Waals surface area contributed by atoms with Crippen molar-refractivity contribution in [3.05, 3.63) is 74.5 Å². The van der Waals surface area contributed by atoms with Gasteiger partial charge in [-0.15, -0.1) is 0 Å². The van der Waals surface area contributed by atoms with Crippen LogP contribution in [0.4, 0.5) is 5.13 Å². The van der Waals surface area contributed by atoms with Gasteiger partial charge in [0.25, 0.3) is 11.8 Å². The number of hydrogen-bond acceptors (Lipinski definition) is 5. The number of benzene rings is 1. The lowest BCUT2D eigenvalue weighted by Gasteiger charge is -2.26. The first kappa shape index (κ1) is 18.9. The van der Waals surface area contributed by atoms with Crippen LogP contribution in [0, 0.1) is 0 Å². The number of carbonyl (C=O) groups is 2. The van der Waals surface area contributed by atoms with E-state index in [4.69, 9.17) is 23.2 Å². The van der Waals surface area contributed by atoms with E-state index in [1.165, 1.54) is 11.3 Å². The van der Waals surface area contributed by atoms with E-state index in [1.54, 1.807) is 47.5 Å². The normalized spacial score (nSPS) is 13.1. The number of hydrogen-bond donors (Lipinski definition) is 1. The number of nitrogens with zero attached hydrogens (tertiary/aromatic N) is 3. The molecule has 0 spiro atoms. The van der Waals surface area contributed by atoms with Crippen molar-refractivity contribution in [2.75, 3.05) is 11.9 Å². The number of fused-ring (bicyclic) bond motifs is 1. The van der Waals surface area contributed by atoms with Crippen molar-refractivity contribution in [1.29, 1.82) is 0 Å². The van der Waals surface area contributed by atoms with Crippen LogP contribution in [0.3, 0.4) is 0 Å². The van der Waals surface area contributed by atoms with Gasteiger partial charge in [0.1, 0.15) is 5.69 Å². The van der Waals surface area contributed by atoms with Crippen LogP contribution < -0.4 is 5.32 Å². The number of carbonyl (C=O) groups excluding carboxylic acids is 2. The quantitative estimate of drug-likeness (QED) is 0.669. The highest BCUT2D eigenvalue weighted by Gasteiger charge is 2.26. The van der Waals surface area contributed by atoms with Crippen LogP contribution in [0.15, 0.2) is 42.6 Å². The molecule has 1 aliphatic heterocycles. The van der Waals surface area contributed by atoms with Crippen LogP contribution >= 0.6 is 34.5 Å². The zero-order valence-electron chi connectivity index (χ0n) is 14.5. The largest absolute Gasteiger partial charge is 0.333 e. The zero-order valence-corrected chi connectivity index (χ0v) is 16.8. The number of thiazole rings is 1. The average molecular weight is 433 g/mol. The van der Waals surface area contributed by atoms with Crippen LogP contribution in [0.1, 0.15) is 31.4 Å². The van der Waals surface area contributed by atoms with Gasteiger partial charge in [0.15, 0.2) is 5.13 Å². The number of nitrogens with one attached hydrogen (secondary N) is 1. The second-order valence-electron chi connectivity index (χ2n) is 6.16. The maximum absolute atomic E-state index is 12.8. The molecular weight excluding hydrogens is 419 g/mol. The highest BCUT2D eigenvalue weighted by atomic mass is 35.5. The summed E-state index contributed by atoms with van der Waals surface area (Å²) in [6.45, 7) is 0.931. The predicted octanol–water partition coefficient (Wildman–Crippen LogP) is 4.30. The van der Waals surface area contributed by atoms with Crippen LogP contribution in [0.5, 0.6) is 0 Å². The minimum Gasteiger partial charge on any atom is -0.333 e. The van der Waals surface area contributed by atoms with Crippen LogP contribution in [-0.4, -0.2) is 33.2 Å². The smallest absolute Gasteiger partial charge is 0.276 e. The highest BCUT2D eigenvalue weighted by molar-refractivity contribution is 7.15. The zero-order chi connectivity index (χ0) is 19.7. The van der Waals surface area contributed by atoms with E-state index in [0.29, 0.717) is 45.9 Å². The molecule has 142 valence electrons. The summed E-state index contributed by atoms with van der Waals surface area (Å²) in [6.07, 6.45) is 2.17. The number of rotatable bonds is 3.